The number of aliphatic hydroxyl groups excluding tert-OH is 1. The molecule has 0 bridgehead atoms. The lowest BCUT2D eigenvalue weighted by Crippen LogP contribution is -2.25. The normalized spacial score (nSPS) is 20.6. The Morgan fingerprint density at radius 1 is 1.69 bits per heavy atom. The number of rotatable bonds is 2. The van der Waals surface area contributed by atoms with E-state index in [4.69, 9.17) is 16.7 Å². The third-order valence-corrected chi connectivity index (χ3v) is 3.71. The molecule has 1 aliphatic rings. The first kappa shape index (κ1) is 11.8. The molecule has 0 aliphatic carbocycles. The molecule has 1 aliphatic heterocycles. The SMILES string of the molecule is O=C1CC(CO)CN1c1cc(Cl)c(Br)cn1. The van der Waals surface area contributed by atoms with Crippen LogP contribution < -0.4 is 4.90 Å². The van der Waals surface area contributed by atoms with Gasteiger partial charge in [-0.15, -0.1) is 0 Å². The first-order valence-corrected chi connectivity index (χ1v) is 6.01. The molecule has 0 aromatic carbocycles. The van der Waals surface area contributed by atoms with E-state index in [1.807, 2.05) is 0 Å². The van der Waals surface area contributed by atoms with E-state index < -0.39 is 0 Å². The largest absolute Gasteiger partial charge is 0.396 e. The molecule has 1 fully saturated rings. The highest BCUT2D eigenvalue weighted by Crippen LogP contribution is 2.28. The maximum Gasteiger partial charge on any atom is 0.228 e. The van der Waals surface area contributed by atoms with Crippen LogP contribution in [0.4, 0.5) is 5.82 Å². The lowest BCUT2D eigenvalue weighted by molar-refractivity contribution is -0.117. The van der Waals surface area contributed by atoms with Gasteiger partial charge in [0.2, 0.25) is 5.91 Å². The van der Waals surface area contributed by atoms with Crippen LogP contribution in [0.25, 0.3) is 0 Å². The lowest BCUT2D eigenvalue weighted by Gasteiger charge is -2.15. The first-order valence-electron chi connectivity index (χ1n) is 4.84. The fourth-order valence-electron chi connectivity index (χ4n) is 1.68. The van der Waals surface area contributed by atoms with E-state index in [1.165, 1.54) is 0 Å². The van der Waals surface area contributed by atoms with Crippen LogP contribution in [-0.2, 0) is 4.79 Å². The predicted octanol–water partition coefficient (Wildman–Crippen LogP) is 1.84. The summed E-state index contributed by atoms with van der Waals surface area (Å²) in [5, 5.41) is 9.53. The van der Waals surface area contributed by atoms with Crippen LogP contribution in [-0.4, -0.2) is 29.1 Å². The van der Waals surface area contributed by atoms with Crippen molar-refractivity contribution in [1.29, 1.82) is 0 Å². The highest BCUT2D eigenvalue weighted by molar-refractivity contribution is 9.10. The molecular weight excluding hydrogens is 295 g/mol. The van der Waals surface area contributed by atoms with E-state index in [2.05, 4.69) is 20.9 Å². The molecule has 1 N–H and O–H groups in total. The number of aromatic nitrogens is 1. The summed E-state index contributed by atoms with van der Waals surface area (Å²) in [6.45, 7) is 0.521. The summed E-state index contributed by atoms with van der Waals surface area (Å²) in [6.07, 6.45) is 1.93. The number of amides is 1. The molecule has 1 aromatic rings. The van der Waals surface area contributed by atoms with Crippen LogP contribution in [0, 0.1) is 5.92 Å². The van der Waals surface area contributed by atoms with Crippen LogP contribution in [0.1, 0.15) is 6.42 Å². The van der Waals surface area contributed by atoms with Crippen LogP contribution in [0.2, 0.25) is 5.02 Å². The number of hydrogen-bond donors (Lipinski definition) is 1. The van der Waals surface area contributed by atoms with E-state index in [0.29, 0.717) is 28.3 Å². The Hall–Kier alpha value is -0.650. The number of pyridine rings is 1. The number of aliphatic hydroxyl groups is 1. The Morgan fingerprint density at radius 2 is 2.44 bits per heavy atom. The van der Waals surface area contributed by atoms with Gasteiger partial charge in [-0.25, -0.2) is 4.98 Å². The molecule has 0 saturated carbocycles. The van der Waals surface area contributed by atoms with E-state index >= 15 is 0 Å². The van der Waals surface area contributed by atoms with Crippen molar-refractivity contribution in [3.8, 4) is 0 Å². The zero-order valence-corrected chi connectivity index (χ0v) is 10.7. The Bertz CT molecular complexity index is 427. The smallest absolute Gasteiger partial charge is 0.228 e. The second kappa shape index (κ2) is 4.69. The van der Waals surface area contributed by atoms with Crippen molar-refractivity contribution in [3.63, 3.8) is 0 Å². The number of carbonyl (C=O) groups excluding carboxylic acids is 1. The van der Waals surface area contributed by atoms with E-state index in [-0.39, 0.29) is 18.4 Å². The number of anilines is 1. The molecule has 1 saturated heterocycles. The van der Waals surface area contributed by atoms with Crippen LogP contribution >= 0.6 is 27.5 Å². The summed E-state index contributed by atoms with van der Waals surface area (Å²) in [7, 11) is 0. The van der Waals surface area contributed by atoms with Gasteiger partial charge in [0.25, 0.3) is 0 Å². The summed E-state index contributed by atoms with van der Waals surface area (Å²) in [5.74, 6) is 0.510. The van der Waals surface area contributed by atoms with Crippen molar-refractivity contribution in [2.75, 3.05) is 18.1 Å². The molecule has 0 spiro atoms. The minimum Gasteiger partial charge on any atom is -0.396 e. The molecular formula is C10H10BrClN2O2. The van der Waals surface area contributed by atoms with Crippen molar-refractivity contribution in [2.24, 2.45) is 5.92 Å². The summed E-state index contributed by atoms with van der Waals surface area (Å²) in [4.78, 5) is 17.3. The third-order valence-electron chi connectivity index (χ3n) is 2.53. The van der Waals surface area contributed by atoms with Gasteiger partial charge in [-0.2, -0.15) is 0 Å². The zero-order chi connectivity index (χ0) is 11.7. The number of halogens is 2. The summed E-state index contributed by atoms with van der Waals surface area (Å²) in [6, 6.07) is 1.64. The highest BCUT2D eigenvalue weighted by atomic mass is 79.9. The molecule has 1 unspecified atom stereocenters. The Kier molecular flexibility index (Phi) is 3.47. The topological polar surface area (TPSA) is 53.4 Å². The molecule has 1 amide bonds. The van der Waals surface area contributed by atoms with Gasteiger partial charge in [0.05, 0.1) is 9.50 Å². The number of hydrogen-bond acceptors (Lipinski definition) is 3. The summed E-state index contributed by atoms with van der Waals surface area (Å²) >= 11 is 9.18. The Morgan fingerprint density at radius 3 is 3.00 bits per heavy atom. The molecule has 0 radical (unpaired) electrons. The molecule has 6 heteroatoms. The Balaban J connectivity index is 2.24. The van der Waals surface area contributed by atoms with Crippen LogP contribution in [0.5, 0.6) is 0 Å². The van der Waals surface area contributed by atoms with Gasteiger partial charge in [0, 0.05) is 37.8 Å². The molecule has 16 heavy (non-hydrogen) atoms. The first-order chi connectivity index (χ1) is 7.61. The minimum atomic E-state index is -0.0232. The molecule has 2 heterocycles. The highest BCUT2D eigenvalue weighted by Gasteiger charge is 2.30. The second-order valence-corrected chi connectivity index (χ2v) is 4.98. The average molecular weight is 306 g/mol. The lowest BCUT2D eigenvalue weighted by atomic mass is 10.1. The maximum absolute atomic E-state index is 11.7. The van der Waals surface area contributed by atoms with Gasteiger partial charge in [-0.1, -0.05) is 11.6 Å². The number of carbonyl (C=O) groups is 1. The van der Waals surface area contributed by atoms with Crippen molar-refractivity contribution in [2.45, 2.75) is 6.42 Å². The monoisotopic (exact) mass is 304 g/mol. The second-order valence-electron chi connectivity index (χ2n) is 3.71. The minimum absolute atomic E-state index is 0.00303. The standard InChI is InChI=1S/C10H10BrClN2O2/c11-7-3-13-9(2-8(7)12)14-4-6(5-15)1-10(14)16/h2-3,6,15H,1,4-5H2. The van der Waals surface area contributed by atoms with Crippen molar-refractivity contribution < 1.29 is 9.90 Å². The molecule has 4 nitrogen and oxygen atoms in total. The van der Waals surface area contributed by atoms with E-state index in [9.17, 15) is 4.79 Å². The van der Waals surface area contributed by atoms with Crippen molar-refractivity contribution in [1.82, 2.24) is 4.98 Å². The van der Waals surface area contributed by atoms with Gasteiger partial charge < -0.3 is 5.11 Å². The molecule has 86 valence electrons. The van der Waals surface area contributed by atoms with E-state index in [0.717, 1.165) is 0 Å². The van der Waals surface area contributed by atoms with Crippen molar-refractivity contribution in [3.05, 3.63) is 21.8 Å². The summed E-state index contributed by atoms with van der Waals surface area (Å²) < 4.78 is 0.697. The Labute approximate surface area is 106 Å². The van der Waals surface area contributed by atoms with Gasteiger partial charge >= 0.3 is 0 Å². The van der Waals surface area contributed by atoms with Crippen LogP contribution in [0.3, 0.4) is 0 Å². The average Bonchev–Trinajstić information content (AvgIpc) is 2.64. The predicted molar refractivity (Wildman–Crippen MR) is 64.5 cm³/mol. The third kappa shape index (κ3) is 2.21. The molecule has 2 rings (SSSR count). The number of nitrogens with zero attached hydrogens (tertiary/aromatic N) is 2. The van der Waals surface area contributed by atoms with Gasteiger partial charge in [0.15, 0.2) is 0 Å². The van der Waals surface area contributed by atoms with Crippen LogP contribution in [0.15, 0.2) is 16.7 Å². The fourth-order valence-corrected chi connectivity index (χ4v) is 2.04. The molecule has 1 aromatic heterocycles. The van der Waals surface area contributed by atoms with Crippen molar-refractivity contribution >= 4 is 39.3 Å². The van der Waals surface area contributed by atoms with Gasteiger partial charge in [0.1, 0.15) is 5.82 Å². The quantitative estimate of drug-likeness (QED) is 0.907. The molecule has 1 atom stereocenters. The zero-order valence-electron chi connectivity index (χ0n) is 8.36. The van der Waals surface area contributed by atoms with Gasteiger partial charge in [-0.3, -0.25) is 9.69 Å². The van der Waals surface area contributed by atoms with Gasteiger partial charge in [-0.05, 0) is 15.9 Å². The summed E-state index contributed by atoms with van der Waals surface area (Å²) in [5.41, 5.74) is 0. The maximum atomic E-state index is 11.7. The fraction of sp³-hybridized carbons (Fsp3) is 0.400. The van der Waals surface area contributed by atoms with E-state index in [1.54, 1.807) is 17.2 Å².